The first kappa shape index (κ1) is 14.4. The molecule has 1 fully saturated rings. The number of fused-ring (bicyclic) bond motifs is 1. The average molecular weight is 287 g/mol. The van der Waals surface area contributed by atoms with E-state index in [1.165, 1.54) is 18.7 Å². The van der Waals surface area contributed by atoms with E-state index in [0.717, 1.165) is 44.1 Å². The summed E-state index contributed by atoms with van der Waals surface area (Å²) in [5.41, 5.74) is 8.07. The number of piperazine rings is 1. The van der Waals surface area contributed by atoms with E-state index < -0.39 is 0 Å². The van der Waals surface area contributed by atoms with E-state index >= 15 is 0 Å². The van der Waals surface area contributed by atoms with Gasteiger partial charge in [0, 0.05) is 38.8 Å². The van der Waals surface area contributed by atoms with E-state index in [0.29, 0.717) is 6.54 Å². The van der Waals surface area contributed by atoms with Crippen molar-refractivity contribution in [1.82, 2.24) is 14.3 Å². The Hall–Kier alpha value is -1.59. The molecule has 114 valence electrons. The molecule has 2 N–H and O–H groups in total. The maximum Gasteiger partial charge on any atom is 0.151 e. The molecule has 0 radical (unpaired) electrons. The van der Waals surface area contributed by atoms with Gasteiger partial charge in [-0.3, -0.25) is 4.90 Å². The predicted octanol–water partition coefficient (Wildman–Crippen LogP) is 1.37. The molecule has 0 aromatic carbocycles. The third kappa shape index (κ3) is 2.89. The number of hydrogen-bond donors (Lipinski definition) is 1. The highest BCUT2D eigenvalue weighted by Crippen LogP contribution is 2.23. The Morgan fingerprint density at radius 3 is 2.71 bits per heavy atom. The quantitative estimate of drug-likeness (QED) is 0.902. The standard InChI is InChI=1S/C16H25N5/c1-2-8-19-10-12-20(13-11-19)16-14(6-7-17)21-9-4-3-5-15(21)18-16/h3-5,9H,2,6-8,10-13,17H2,1H3. The van der Waals surface area contributed by atoms with E-state index in [1.807, 2.05) is 6.07 Å². The lowest BCUT2D eigenvalue weighted by molar-refractivity contribution is 0.258. The molecule has 1 aliphatic heterocycles. The molecule has 0 saturated carbocycles. The van der Waals surface area contributed by atoms with Gasteiger partial charge in [0.1, 0.15) is 5.65 Å². The monoisotopic (exact) mass is 287 g/mol. The maximum absolute atomic E-state index is 5.80. The summed E-state index contributed by atoms with van der Waals surface area (Å²) in [6, 6.07) is 6.16. The summed E-state index contributed by atoms with van der Waals surface area (Å²) in [5, 5.41) is 0. The Balaban J connectivity index is 1.85. The zero-order valence-corrected chi connectivity index (χ0v) is 12.8. The number of imidazole rings is 1. The molecular weight excluding hydrogens is 262 g/mol. The molecule has 5 heteroatoms. The minimum absolute atomic E-state index is 0.658. The number of anilines is 1. The van der Waals surface area contributed by atoms with Gasteiger partial charge < -0.3 is 15.0 Å². The lowest BCUT2D eigenvalue weighted by Crippen LogP contribution is -2.47. The summed E-state index contributed by atoms with van der Waals surface area (Å²) in [7, 11) is 0. The fourth-order valence-electron chi connectivity index (χ4n) is 3.16. The van der Waals surface area contributed by atoms with Gasteiger partial charge in [-0.15, -0.1) is 0 Å². The Bertz CT molecular complexity index is 583. The van der Waals surface area contributed by atoms with E-state index in [9.17, 15) is 0 Å². The van der Waals surface area contributed by atoms with Gasteiger partial charge in [0.15, 0.2) is 5.82 Å². The molecule has 2 aromatic heterocycles. The predicted molar refractivity (Wildman–Crippen MR) is 86.9 cm³/mol. The molecule has 5 nitrogen and oxygen atoms in total. The van der Waals surface area contributed by atoms with Crippen molar-refractivity contribution in [2.45, 2.75) is 19.8 Å². The van der Waals surface area contributed by atoms with Crippen LogP contribution in [0.15, 0.2) is 24.4 Å². The first-order chi connectivity index (χ1) is 10.3. The van der Waals surface area contributed by atoms with Gasteiger partial charge in [0.05, 0.1) is 5.69 Å². The van der Waals surface area contributed by atoms with Crippen molar-refractivity contribution in [3.05, 3.63) is 30.1 Å². The highest BCUT2D eigenvalue weighted by Gasteiger charge is 2.22. The molecule has 21 heavy (non-hydrogen) atoms. The fraction of sp³-hybridized carbons (Fsp3) is 0.562. The Kier molecular flexibility index (Phi) is 4.41. The van der Waals surface area contributed by atoms with Gasteiger partial charge in [-0.1, -0.05) is 13.0 Å². The largest absolute Gasteiger partial charge is 0.353 e. The van der Waals surface area contributed by atoms with Crippen molar-refractivity contribution in [3.63, 3.8) is 0 Å². The molecular formula is C16H25N5. The molecule has 0 unspecified atom stereocenters. The third-order valence-corrected chi connectivity index (χ3v) is 4.20. The van der Waals surface area contributed by atoms with Crippen LogP contribution in [-0.4, -0.2) is 53.6 Å². The highest BCUT2D eigenvalue weighted by atomic mass is 15.3. The van der Waals surface area contributed by atoms with Crippen molar-refractivity contribution in [3.8, 4) is 0 Å². The SMILES string of the molecule is CCCN1CCN(c2nc3ccccn3c2CCN)CC1. The molecule has 0 atom stereocenters. The minimum Gasteiger partial charge on any atom is -0.353 e. The van der Waals surface area contributed by atoms with Crippen LogP contribution < -0.4 is 10.6 Å². The second-order valence-electron chi connectivity index (χ2n) is 5.68. The van der Waals surface area contributed by atoms with Crippen molar-refractivity contribution >= 4 is 11.5 Å². The smallest absolute Gasteiger partial charge is 0.151 e. The van der Waals surface area contributed by atoms with Crippen molar-refractivity contribution < 1.29 is 0 Å². The number of hydrogen-bond acceptors (Lipinski definition) is 4. The van der Waals surface area contributed by atoms with Crippen LogP contribution in [0.25, 0.3) is 5.65 Å². The molecule has 3 heterocycles. The topological polar surface area (TPSA) is 49.8 Å². The van der Waals surface area contributed by atoms with Crippen LogP contribution in [0.1, 0.15) is 19.0 Å². The summed E-state index contributed by atoms with van der Waals surface area (Å²) in [5.74, 6) is 1.13. The second-order valence-corrected chi connectivity index (χ2v) is 5.68. The van der Waals surface area contributed by atoms with E-state index in [-0.39, 0.29) is 0 Å². The van der Waals surface area contributed by atoms with Crippen LogP contribution >= 0.6 is 0 Å². The third-order valence-electron chi connectivity index (χ3n) is 4.20. The molecule has 3 rings (SSSR count). The van der Waals surface area contributed by atoms with Crippen molar-refractivity contribution in [2.75, 3.05) is 44.2 Å². The van der Waals surface area contributed by atoms with Crippen LogP contribution in [0.5, 0.6) is 0 Å². The fourth-order valence-corrected chi connectivity index (χ4v) is 3.16. The molecule has 1 aliphatic rings. The molecule has 2 aromatic rings. The molecule has 0 aliphatic carbocycles. The maximum atomic E-state index is 5.80. The zero-order valence-electron chi connectivity index (χ0n) is 12.8. The van der Waals surface area contributed by atoms with E-state index in [2.05, 4.69) is 39.5 Å². The molecule has 1 saturated heterocycles. The average Bonchev–Trinajstić information content (AvgIpc) is 2.88. The number of pyridine rings is 1. The van der Waals surface area contributed by atoms with Crippen molar-refractivity contribution in [1.29, 1.82) is 0 Å². The van der Waals surface area contributed by atoms with Gasteiger partial charge in [-0.2, -0.15) is 0 Å². The van der Waals surface area contributed by atoms with Crippen LogP contribution in [0.2, 0.25) is 0 Å². The molecule has 0 bridgehead atoms. The van der Waals surface area contributed by atoms with Crippen LogP contribution in [0.4, 0.5) is 5.82 Å². The number of rotatable bonds is 5. The Morgan fingerprint density at radius 2 is 2.00 bits per heavy atom. The first-order valence-electron chi connectivity index (χ1n) is 7.96. The molecule has 0 amide bonds. The number of nitrogens with two attached hydrogens (primary N) is 1. The minimum atomic E-state index is 0.658. The molecule has 0 spiro atoms. The lowest BCUT2D eigenvalue weighted by Gasteiger charge is -2.35. The number of aromatic nitrogens is 2. The first-order valence-corrected chi connectivity index (χ1v) is 7.96. The summed E-state index contributed by atoms with van der Waals surface area (Å²) in [6.07, 6.45) is 4.19. The van der Waals surface area contributed by atoms with E-state index in [1.54, 1.807) is 0 Å². The van der Waals surface area contributed by atoms with Crippen molar-refractivity contribution in [2.24, 2.45) is 5.73 Å². The second kappa shape index (κ2) is 6.45. The number of nitrogens with zero attached hydrogens (tertiary/aromatic N) is 4. The Labute approximate surface area is 126 Å². The van der Waals surface area contributed by atoms with E-state index in [4.69, 9.17) is 10.7 Å². The van der Waals surface area contributed by atoms with Gasteiger partial charge in [0.2, 0.25) is 0 Å². The van der Waals surface area contributed by atoms with Gasteiger partial charge in [-0.05, 0) is 31.6 Å². The normalized spacial score (nSPS) is 16.8. The summed E-state index contributed by atoms with van der Waals surface area (Å²) >= 11 is 0. The lowest BCUT2D eigenvalue weighted by atomic mass is 10.2. The van der Waals surface area contributed by atoms with Crippen LogP contribution in [0, 0.1) is 0 Å². The zero-order chi connectivity index (χ0) is 14.7. The summed E-state index contributed by atoms with van der Waals surface area (Å²) in [6.45, 7) is 8.48. The van der Waals surface area contributed by atoms with Crippen LogP contribution in [0.3, 0.4) is 0 Å². The van der Waals surface area contributed by atoms with Gasteiger partial charge in [-0.25, -0.2) is 4.98 Å². The summed E-state index contributed by atoms with van der Waals surface area (Å²) < 4.78 is 2.18. The highest BCUT2D eigenvalue weighted by molar-refractivity contribution is 5.56. The van der Waals surface area contributed by atoms with Gasteiger partial charge >= 0.3 is 0 Å². The van der Waals surface area contributed by atoms with Crippen LogP contribution in [-0.2, 0) is 6.42 Å². The van der Waals surface area contributed by atoms with Gasteiger partial charge in [0.25, 0.3) is 0 Å². The summed E-state index contributed by atoms with van der Waals surface area (Å²) in [4.78, 5) is 9.80. The Morgan fingerprint density at radius 1 is 1.19 bits per heavy atom.